The lowest BCUT2D eigenvalue weighted by Gasteiger charge is -2.30. The van der Waals surface area contributed by atoms with Crippen LogP contribution in [0, 0.1) is 13.8 Å². The van der Waals surface area contributed by atoms with E-state index in [0.717, 1.165) is 34.1 Å². The minimum absolute atomic E-state index is 1.13. The Morgan fingerprint density at radius 1 is 0.267 bits per heavy atom. The fraction of sp³-hybridized carbons (Fsp3) is 0.0286. The standard InChI is InChI=1S/C70H52N2S2Si/c1-49-17-15-23-61(45-49)71(57-19-7-3-8-20-57)59-41-37-53(38-42-59)51-29-33-55(34-30-51)65-47-67-69(73-65)70-68(75(67,63-25-11-5-12-26-63)64-27-13-6-14-28-64)48-66(74-70)56-35-31-52(32-36-56)54-39-43-60(44-40-54)72(58-21-9-4-10-22-58)62-24-16-18-50(2)46-62/h3-48H,1-2H3. The first-order valence-electron chi connectivity index (χ1n) is 25.6. The van der Waals surface area contributed by atoms with E-state index in [9.17, 15) is 0 Å². The lowest BCUT2D eigenvalue weighted by atomic mass is 10.0. The topological polar surface area (TPSA) is 6.48 Å². The smallest absolute Gasteiger partial charge is 0.182 e. The zero-order chi connectivity index (χ0) is 50.3. The molecule has 2 aromatic heterocycles. The first-order chi connectivity index (χ1) is 37.0. The van der Waals surface area contributed by atoms with Gasteiger partial charge in [0, 0.05) is 53.6 Å². The number of benzene rings is 10. The molecule has 0 aliphatic carbocycles. The van der Waals surface area contributed by atoms with Crippen molar-refractivity contribution >= 4 is 85.6 Å². The zero-order valence-corrected chi connectivity index (χ0v) is 44.4. The number of thiophene rings is 2. The van der Waals surface area contributed by atoms with E-state index in [2.05, 4.69) is 303 Å². The first kappa shape index (κ1) is 46.2. The highest BCUT2D eigenvalue weighted by atomic mass is 32.1. The second-order valence-electron chi connectivity index (χ2n) is 19.5. The number of nitrogens with zero attached hydrogens (tertiary/aromatic N) is 2. The number of fused-ring (bicyclic) bond motifs is 3. The van der Waals surface area contributed by atoms with Gasteiger partial charge in [0.1, 0.15) is 0 Å². The molecule has 1 aliphatic rings. The summed E-state index contributed by atoms with van der Waals surface area (Å²) in [6.07, 6.45) is 0. The molecule has 0 atom stereocenters. The fourth-order valence-electron chi connectivity index (χ4n) is 11.1. The zero-order valence-electron chi connectivity index (χ0n) is 41.8. The van der Waals surface area contributed by atoms with Crippen LogP contribution in [0.15, 0.2) is 279 Å². The van der Waals surface area contributed by atoms with Crippen molar-refractivity contribution in [2.24, 2.45) is 0 Å². The Hall–Kier alpha value is -8.58. The number of hydrogen-bond acceptors (Lipinski definition) is 4. The van der Waals surface area contributed by atoms with Crippen LogP contribution in [0.1, 0.15) is 11.1 Å². The molecule has 0 fully saturated rings. The molecular formula is C70H52N2S2Si. The van der Waals surface area contributed by atoms with E-state index in [0.29, 0.717) is 0 Å². The van der Waals surface area contributed by atoms with Gasteiger partial charge >= 0.3 is 0 Å². The Morgan fingerprint density at radius 2 is 0.560 bits per heavy atom. The SMILES string of the molecule is Cc1cccc(N(c2ccccc2)c2ccc(-c3ccc(-c4cc5c(s4)-c4sc(-c6ccc(-c7ccc(N(c8ccccc8)c8cccc(C)c8)cc7)cc6)cc4[Si]5(c4ccccc4)c4ccccc4)cc3)cc2)c1. The van der Waals surface area contributed by atoms with E-state index in [-0.39, 0.29) is 0 Å². The molecule has 0 spiro atoms. The molecule has 5 heteroatoms. The van der Waals surface area contributed by atoms with Gasteiger partial charge in [-0.3, -0.25) is 0 Å². The molecule has 3 heterocycles. The van der Waals surface area contributed by atoms with Crippen LogP contribution in [0.4, 0.5) is 34.1 Å². The maximum Gasteiger partial charge on any atom is 0.182 e. The van der Waals surface area contributed by atoms with Crippen LogP contribution in [0.3, 0.4) is 0 Å². The molecule has 0 radical (unpaired) electrons. The van der Waals surface area contributed by atoms with Gasteiger partial charge in [-0.1, -0.05) is 194 Å². The summed E-state index contributed by atoms with van der Waals surface area (Å²) < 4.78 is 0. The highest BCUT2D eigenvalue weighted by Gasteiger charge is 2.51. The second-order valence-corrected chi connectivity index (χ2v) is 25.3. The molecule has 0 amide bonds. The third-order valence-electron chi connectivity index (χ3n) is 14.7. The van der Waals surface area contributed by atoms with E-state index in [1.807, 2.05) is 22.7 Å². The lowest BCUT2D eigenvalue weighted by Crippen LogP contribution is -2.72. The molecule has 0 unspecified atom stereocenters. The van der Waals surface area contributed by atoms with E-state index < -0.39 is 8.07 Å². The molecule has 12 aromatic rings. The first-order valence-corrected chi connectivity index (χ1v) is 29.3. The highest BCUT2D eigenvalue weighted by molar-refractivity contribution is 7.35. The molecule has 2 nitrogen and oxygen atoms in total. The van der Waals surface area contributed by atoms with Gasteiger partial charge < -0.3 is 9.80 Å². The maximum absolute atomic E-state index is 2.70. The molecule has 0 saturated heterocycles. The van der Waals surface area contributed by atoms with Crippen LogP contribution in [-0.4, -0.2) is 8.07 Å². The third-order valence-corrected chi connectivity index (χ3v) is 22.4. The average molecular weight is 1010 g/mol. The minimum Gasteiger partial charge on any atom is -0.310 e. The van der Waals surface area contributed by atoms with Crippen molar-refractivity contribution in [1.29, 1.82) is 0 Å². The maximum atomic E-state index is 2.55. The fourth-order valence-corrected chi connectivity index (χ4v) is 19.9. The average Bonchev–Trinajstić information content (AvgIpc) is 4.25. The van der Waals surface area contributed by atoms with Gasteiger partial charge in [-0.25, -0.2) is 0 Å². The Balaban J connectivity index is 0.828. The normalized spacial score (nSPS) is 12.2. The molecule has 10 aromatic carbocycles. The summed E-state index contributed by atoms with van der Waals surface area (Å²) in [5, 5.41) is 5.83. The Labute approximate surface area is 449 Å². The molecule has 75 heavy (non-hydrogen) atoms. The predicted octanol–water partition coefficient (Wildman–Crippen LogP) is 17.4. The molecular weight excluding hydrogens is 961 g/mol. The summed E-state index contributed by atoms with van der Waals surface area (Å²) in [7, 11) is -2.70. The van der Waals surface area contributed by atoms with Gasteiger partial charge in [0.15, 0.2) is 8.07 Å². The van der Waals surface area contributed by atoms with E-state index in [1.165, 1.54) is 84.8 Å². The van der Waals surface area contributed by atoms with Crippen molar-refractivity contribution in [2.75, 3.05) is 9.80 Å². The minimum atomic E-state index is -2.70. The van der Waals surface area contributed by atoms with E-state index in [1.54, 1.807) is 0 Å². The molecule has 1 aliphatic heterocycles. The van der Waals surface area contributed by atoms with Crippen LogP contribution >= 0.6 is 22.7 Å². The number of aryl methyl sites for hydroxylation is 2. The van der Waals surface area contributed by atoms with Crippen molar-refractivity contribution in [2.45, 2.75) is 13.8 Å². The summed E-state index contributed by atoms with van der Waals surface area (Å²) >= 11 is 3.92. The third kappa shape index (κ3) is 8.55. The Morgan fingerprint density at radius 3 is 0.907 bits per heavy atom. The van der Waals surface area contributed by atoms with Crippen LogP contribution in [0.2, 0.25) is 0 Å². The van der Waals surface area contributed by atoms with Crippen LogP contribution in [-0.2, 0) is 0 Å². The van der Waals surface area contributed by atoms with E-state index >= 15 is 0 Å². The van der Waals surface area contributed by atoms with Crippen molar-refractivity contribution in [3.8, 4) is 52.9 Å². The molecule has 0 bridgehead atoms. The quantitative estimate of drug-likeness (QED) is 0.113. The van der Waals surface area contributed by atoms with E-state index in [4.69, 9.17) is 0 Å². The van der Waals surface area contributed by atoms with Crippen LogP contribution in [0.25, 0.3) is 52.9 Å². The predicted molar refractivity (Wildman–Crippen MR) is 325 cm³/mol. The van der Waals surface area contributed by atoms with Crippen molar-refractivity contribution in [1.82, 2.24) is 0 Å². The monoisotopic (exact) mass is 1010 g/mol. The van der Waals surface area contributed by atoms with Crippen molar-refractivity contribution in [3.05, 3.63) is 290 Å². The lowest BCUT2D eigenvalue weighted by molar-refractivity contribution is 1.27. The Kier molecular flexibility index (Phi) is 12.1. The number of hydrogen-bond donors (Lipinski definition) is 0. The molecule has 13 rings (SSSR count). The summed E-state index contributed by atoms with van der Waals surface area (Å²) in [6.45, 7) is 4.30. The van der Waals surface area contributed by atoms with Crippen molar-refractivity contribution in [3.63, 3.8) is 0 Å². The van der Waals surface area contributed by atoms with Gasteiger partial charge in [0.25, 0.3) is 0 Å². The number of anilines is 6. The van der Waals surface area contributed by atoms with Crippen molar-refractivity contribution < 1.29 is 0 Å². The second kappa shape index (κ2) is 19.7. The van der Waals surface area contributed by atoms with Gasteiger partial charge in [-0.05, 0) is 164 Å². The van der Waals surface area contributed by atoms with Gasteiger partial charge in [-0.2, -0.15) is 0 Å². The largest absolute Gasteiger partial charge is 0.310 e. The van der Waals surface area contributed by atoms with Gasteiger partial charge in [0.05, 0.1) is 0 Å². The van der Waals surface area contributed by atoms with Crippen LogP contribution < -0.4 is 30.5 Å². The highest BCUT2D eigenvalue weighted by Crippen LogP contribution is 2.45. The number of rotatable bonds is 12. The summed E-state index contributed by atoms with van der Waals surface area (Å²) in [5.41, 5.74) is 16.6. The number of para-hydroxylation sites is 2. The molecule has 358 valence electrons. The molecule has 0 N–H and O–H groups in total. The Bertz CT molecular complexity index is 3660. The summed E-state index contributed by atoms with van der Waals surface area (Å²) in [4.78, 5) is 10.1. The summed E-state index contributed by atoms with van der Waals surface area (Å²) in [6, 6.07) is 103. The van der Waals surface area contributed by atoms with Crippen LogP contribution in [0.5, 0.6) is 0 Å². The molecule has 0 saturated carbocycles. The summed E-state index contributed by atoms with van der Waals surface area (Å²) in [5.74, 6) is 0. The van der Waals surface area contributed by atoms with Gasteiger partial charge in [-0.15, -0.1) is 22.7 Å². The van der Waals surface area contributed by atoms with Gasteiger partial charge in [0.2, 0.25) is 0 Å².